The number of ether oxygens (including phenoxy) is 1. The van der Waals surface area contributed by atoms with Gasteiger partial charge in [0.15, 0.2) is 0 Å². The number of rotatable bonds is 4. The number of nitrogens with one attached hydrogen (secondary N) is 1. The van der Waals surface area contributed by atoms with Crippen molar-refractivity contribution in [3.63, 3.8) is 0 Å². The Kier molecular flexibility index (Phi) is 4.95. The molecule has 0 spiro atoms. The van der Waals surface area contributed by atoms with Crippen LogP contribution in [0.5, 0.6) is 0 Å². The number of pyridine rings is 1. The highest BCUT2D eigenvalue weighted by Gasteiger charge is 2.20. The zero-order chi connectivity index (χ0) is 18.8. The van der Waals surface area contributed by atoms with Crippen LogP contribution in [0.25, 0.3) is 5.65 Å². The number of carbonyl (C=O) groups is 2. The summed E-state index contributed by atoms with van der Waals surface area (Å²) in [7, 11) is 1.29. The fourth-order valence-electron chi connectivity index (χ4n) is 2.73. The highest BCUT2D eigenvalue weighted by atomic mass is 35.5. The maximum Gasteiger partial charge on any atom is 0.337 e. The van der Waals surface area contributed by atoms with Crippen LogP contribution in [0.15, 0.2) is 36.5 Å². The van der Waals surface area contributed by atoms with Crippen LogP contribution in [-0.2, 0) is 11.2 Å². The molecule has 0 radical (unpaired) electrons. The van der Waals surface area contributed by atoms with Crippen LogP contribution in [0, 0.1) is 6.92 Å². The normalized spacial score (nSPS) is 10.8. The van der Waals surface area contributed by atoms with Gasteiger partial charge >= 0.3 is 5.97 Å². The van der Waals surface area contributed by atoms with E-state index < -0.39 is 5.97 Å². The molecule has 0 saturated carbocycles. The third-order valence-corrected chi connectivity index (χ3v) is 4.37. The van der Waals surface area contributed by atoms with Crippen molar-refractivity contribution in [1.82, 2.24) is 9.38 Å². The molecule has 2 heterocycles. The molecule has 3 rings (SSSR count). The Morgan fingerprint density at radius 1 is 1.27 bits per heavy atom. The first kappa shape index (κ1) is 17.9. The van der Waals surface area contributed by atoms with Crippen molar-refractivity contribution in [2.24, 2.45) is 0 Å². The lowest BCUT2D eigenvalue weighted by Crippen LogP contribution is -2.17. The van der Waals surface area contributed by atoms with Crippen LogP contribution < -0.4 is 5.32 Å². The number of amides is 1. The van der Waals surface area contributed by atoms with Crippen molar-refractivity contribution in [3.8, 4) is 0 Å². The summed E-state index contributed by atoms with van der Waals surface area (Å²) in [6, 6.07) is 8.40. The second-order valence-electron chi connectivity index (χ2n) is 5.83. The molecule has 1 aromatic carbocycles. The zero-order valence-electron chi connectivity index (χ0n) is 14.7. The highest BCUT2D eigenvalue weighted by molar-refractivity contribution is 6.34. The molecule has 0 unspecified atom stereocenters. The van der Waals surface area contributed by atoms with Gasteiger partial charge in [0.1, 0.15) is 11.3 Å². The van der Waals surface area contributed by atoms with Crippen molar-refractivity contribution in [1.29, 1.82) is 0 Å². The van der Waals surface area contributed by atoms with Crippen LogP contribution in [0.2, 0.25) is 5.02 Å². The number of hydrogen-bond donors (Lipinski definition) is 1. The molecule has 0 aliphatic rings. The fourth-order valence-corrected chi connectivity index (χ4v) is 2.89. The van der Waals surface area contributed by atoms with E-state index in [0.29, 0.717) is 39.7 Å². The van der Waals surface area contributed by atoms with E-state index >= 15 is 0 Å². The summed E-state index contributed by atoms with van der Waals surface area (Å²) in [4.78, 5) is 29.1. The molecule has 0 atom stereocenters. The monoisotopic (exact) mass is 371 g/mol. The topological polar surface area (TPSA) is 72.7 Å². The number of methoxy groups -OCH3 is 1. The second kappa shape index (κ2) is 7.17. The standard InChI is InChI=1S/C19H18ClN3O3/c1-4-14-17(23-8-7-11(2)9-16(23)21-14)18(24)22-15-10-12(19(25)26-3)5-6-13(15)20/h5-10H,4H2,1-3H3,(H,22,24). The number of esters is 1. The molecule has 3 aromatic rings. The van der Waals surface area contributed by atoms with E-state index in [1.807, 2.05) is 32.2 Å². The van der Waals surface area contributed by atoms with Crippen molar-refractivity contribution < 1.29 is 14.3 Å². The number of hydrogen-bond acceptors (Lipinski definition) is 4. The quantitative estimate of drug-likeness (QED) is 0.706. The van der Waals surface area contributed by atoms with Crippen LogP contribution in [0.1, 0.15) is 39.0 Å². The lowest BCUT2D eigenvalue weighted by atomic mass is 10.2. The smallest absolute Gasteiger partial charge is 0.337 e. The van der Waals surface area contributed by atoms with Crippen LogP contribution in [0.3, 0.4) is 0 Å². The predicted octanol–water partition coefficient (Wildman–Crippen LogP) is 3.90. The Morgan fingerprint density at radius 2 is 2.04 bits per heavy atom. The molecule has 134 valence electrons. The van der Waals surface area contributed by atoms with E-state index in [1.165, 1.54) is 19.2 Å². The minimum absolute atomic E-state index is 0.302. The number of fused-ring (bicyclic) bond motifs is 1. The number of imidazole rings is 1. The van der Waals surface area contributed by atoms with E-state index in [0.717, 1.165) is 5.56 Å². The summed E-state index contributed by atoms with van der Waals surface area (Å²) < 4.78 is 6.45. The zero-order valence-corrected chi connectivity index (χ0v) is 15.4. The Bertz CT molecular complexity index is 1010. The fraction of sp³-hybridized carbons (Fsp3) is 0.211. The third-order valence-electron chi connectivity index (χ3n) is 4.04. The minimum Gasteiger partial charge on any atom is -0.465 e. The number of carbonyl (C=O) groups excluding carboxylic acids is 2. The second-order valence-corrected chi connectivity index (χ2v) is 6.24. The average Bonchev–Trinajstić information content (AvgIpc) is 3.00. The molecular formula is C19H18ClN3O3. The summed E-state index contributed by atoms with van der Waals surface area (Å²) in [6.45, 7) is 3.91. The molecular weight excluding hydrogens is 354 g/mol. The van der Waals surface area contributed by atoms with Gasteiger partial charge < -0.3 is 10.1 Å². The summed E-state index contributed by atoms with van der Waals surface area (Å²) in [5.41, 5.74) is 3.54. The van der Waals surface area contributed by atoms with Crippen molar-refractivity contribution in [3.05, 3.63) is 64.1 Å². The van der Waals surface area contributed by atoms with Gasteiger partial charge in [0.25, 0.3) is 5.91 Å². The highest BCUT2D eigenvalue weighted by Crippen LogP contribution is 2.25. The van der Waals surface area contributed by atoms with Gasteiger partial charge in [0, 0.05) is 6.20 Å². The van der Waals surface area contributed by atoms with Gasteiger partial charge in [-0.15, -0.1) is 0 Å². The average molecular weight is 372 g/mol. The van der Waals surface area contributed by atoms with Gasteiger partial charge in [-0.05, 0) is 49.2 Å². The molecule has 0 fully saturated rings. The molecule has 1 amide bonds. The lowest BCUT2D eigenvalue weighted by molar-refractivity contribution is 0.0600. The molecule has 0 aliphatic heterocycles. The Balaban J connectivity index is 2.01. The number of halogens is 1. The first-order chi connectivity index (χ1) is 12.4. The Hall–Kier alpha value is -2.86. The van der Waals surface area contributed by atoms with Gasteiger partial charge in [-0.2, -0.15) is 0 Å². The molecule has 0 bridgehead atoms. The molecule has 7 heteroatoms. The first-order valence-electron chi connectivity index (χ1n) is 8.11. The van der Waals surface area contributed by atoms with E-state index in [4.69, 9.17) is 16.3 Å². The number of anilines is 1. The Labute approximate surface area is 155 Å². The van der Waals surface area contributed by atoms with Gasteiger partial charge in [-0.1, -0.05) is 18.5 Å². The SMILES string of the molecule is CCc1nc2cc(C)ccn2c1C(=O)Nc1cc(C(=O)OC)ccc1Cl. The molecule has 1 N–H and O–H groups in total. The number of nitrogens with zero attached hydrogens (tertiary/aromatic N) is 2. The molecule has 26 heavy (non-hydrogen) atoms. The number of aryl methyl sites for hydroxylation is 2. The van der Waals surface area contributed by atoms with E-state index in [1.54, 1.807) is 10.5 Å². The number of benzene rings is 1. The third kappa shape index (κ3) is 3.28. The Morgan fingerprint density at radius 3 is 2.73 bits per heavy atom. The summed E-state index contributed by atoms with van der Waals surface area (Å²) in [5, 5.41) is 3.10. The maximum absolute atomic E-state index is 12.9. The van der Waals surface area contributed by atoms with Crippen LogP contribution in [-0.4, -0.2) is 28.4 Å². The maximum atomic E-state index is 12.9. The largest absolute Gasteiger partial charge is 0.465 e. The summed E-state index contributed by atoms with van der Waals surface area (Å²) in [6.07, 6.45) is 2.43. The summed E-state index contributed by atoms with van der Waals surface area (Å²) in [5.74, 6) is -0.848. The van der Waals surface area contributed by atoms with Crippen LogP contribution in [0.4, 0.5) is 5.69 Å². The predicted molar refractivity (Wildman–Crippen MR) is 100 cm³/mol. The van der Waals surface area contributed by atoms with E-state index in [-0.39, 0.29) is 5.91 Å². The van der Waals surface area contributed by atoms with Gasteiger partial charge in [0.05, 0.1) is 29.1 Å². The van der Waals surface area contributed by atoms with Gasteiger partial charge in [-0.3, -0.25) is 9.20 Å². The first-order valence-corrected chi connectivity index (χ1v) is 8.49. The summed E-state index contributed by atoms with van der Waals surface area (Å²) >= 11 is 6.17. The molecule has 2 aromatic heterocycles. The van der Waals surface area contributed by atoms with E-state index in [2.05, 4.69) is 10.3 Å². The number of aromatic nitrogens is 2. The van der Waals surface area contributed by atoms with E-state index in [9.17, 15) is 9.59 Å². The molecule has 0 aliphatic carbocycles. The van der Waals surface area contributed by atoms with Gasteiger partial charge in [-0.25, -0.2) is 9.78 Å². The molecule has 0 saturated heterocycles. The van der Waals surface area contributed by atoms with Crippen molar-refractivity contribution in [2.75, 3.05) is 12.4 Å². The minimum atomic E-state index is -0.503. The van der Waals surface area contributed by atoms with Crippen LogP contribution >= 0.6 is 11.6 Å². The lowest BCUT2D eigenvalue weighted by Gasteiger charge is -2.10. The van der Waals surface area contributed by atoms with Crippen molar-refractivity contribution in [2.45, 2.75) is 20.3 Å². The van der Waals surface area contributed by atoms with Gasteiger partial charge in [0.2, 0.25) is 0 Å². The molecule has 6 nitrogen and oxygen atoms in total. The van der Waals surface area contributed by atoms with Crippen molar-refractivity contribution >= 4 is 34.8 Å².